The molecular weight excluding hydrogens is 615 g/mol. The predicted octanol–water partition coefficient (Wildman–Crippen LogP) is 8.00. The van der Waals surface area contributed by atoms with E-state index in [1.807, 2.05) is 60.7 Å². The van der Waals surface area contributed by atoms with Crippen molar-refractivity contribution < 1.29 is 28.6 Å². The van der Waals surface area contributed by atoms with E-state index in [0.717, 1.165) is 11.1 Å². The van der Waals surface area contributed by atoms with Crippen LogP contribution in [0.5, 0.6) is 11.5 Å². The Morgan fingerprint density at radius 3 is 1.40 bits per heavy atom. The smallest absolute Gasteiger partial charge is 0.468 e. The van der Waals surface area contributed by atoms with Gasteiger partial charge in [-0.3, -0.25) is 9.59 Å². The molecule has 0 saturated carbocycles. The molecule has 4 rings (SSSR count). The molecule has 6 nitrogen and oxygen atoms in total. The van der Waals surface area contributed by atoms with Gasteiger partial charge in [-0.25, -0.2) is 0 Å². The van der Waals surface area contributed by atoms with Gasteiger partial charge in [-0.2, -0.15) is 0 Å². The van der Waals surface area contributed by atoms with E-state index in [1.54, 1.807) is 60.7 Å². The van der Waals surface area contributed by atoms with Gasteiger partial charge in [-0.05, 0) is 71.8 Å². The van der Waals surface area contributed by atoms with Crippen LogP contribution in [0.3, 0.4) is 0 Å². The fourth-order valence-electron chi connectivity index (χ4n) is 3.33. The molecule has 0 aliphatic heterocycles. The summed E-state index contributed by atoms with van der Waals surface area (Å²) in [4.78, 5) is 24.0. The van der Waals surface area contributed by atoms with Crippen LogP contribution in [-0.2, 0) is 4.43 Å². The summed E-state index contributed by atoms with van der Waals surface area (Å²) in [5, 5.41) is 8.61. The lowest BCUT2D eigenvalue weighted by atomic mass is 10.1. The first kappa shape index (κ1) is 32.8. The van der Waals surface area contributed by atoms with Crippen molar-refractivity contribution in [3.8, 4) is 11.5 Å². The Kier molecular flexibility index (Phi) is 13.5. The summed E-state index contributed by atoms with van der Waals surface area (Å²) in [5.74, 6) is 0.896. The molecule has 216 valence electrons. The zero-order valence-corrected chi connectivity index (χ0v) is 25.5. The largest absolute Gasteiger partial charge is 0.496 e. The van der Waals surface area contributed by atoms with Crippen molar-refractivity contribution in [2.75, 3.05) is 13.6 Å². The third-order valence-electron chi connectivity index (χ3n) is 5.41. The van der Waals surface area contributed by atoms with E-state index < -0.39 is 6.25 Å². The zero-order valence-electron chi connectivity index (χ0n) is 22.2. The number of benzene rings is 4. The first-order chi connectivity index (χ1) is 20.2. The number of ketones is 2. The van der Waals surface area contributed by atoms with Gasteiger partial charge >= 0.3 is 6.25 Å². The number of ether oxygens (including phenoxy) is 2. The summed E-state index contributed by atoms with van der Waals surface area (Å²) in [5.41, 5.74) is 3.09. The molecule has 0 atom stereocenters. The lowest BCUT2D eigenvalue weighted by Crippen LogP contribution is -2.19. The minimum absolute atomic E-state index is 0.0700. The second kappa shape index (κ2) is 17.3. The number of hydrogen-bond donors (Lipinski definition) is 1. The summed E-state index contributed by atoms with van der Waals surface area (Å²) in [6, 6.07) is 32.5. The Labute approximate surface area is 259 Å². The highest BCUT2D eigenvalue weighted by molar-refractivity contribution is 7.62. The van der Waals surface area contributed by atoms with Crippen LogP contribution in [-0.4, -0.2) is 36.5 Å². The van der Waals surface area contributed by atoms with Gasteiger partial charge in [0.2, 0.25) is 0 Å². The second-order valence-electron chi connectivity index (χ2n) is 8.39. The van der Waals surface area contributed by atoms with Crippen LogP contribution in [0.2, 0.25) is 0 Å². The number of carbonyl (C=O) groups excluding carboxylic acids is 2. The molecule has 0 bridgehead atoms. The molecule has 1 N–H and O–H groups in total. The van der Waals surface area contributed by atoms with Crippen LogP contribution in [0, 0.1) is 0 Å². The standard InChI is InChI=1S/C16H13Cl3O3Si.C16H14O3/c17-23(18,19)22-12-21-15-9-7-14(8-10-15)16(20)11-6-13-4-2-1-3-5-13;17-12-19-15-9-7-14(8-10-15)16(18)11-6-13-4-2-1-3-5-13/h1-11H,12H2;1-11,17H,12H2. The molecule has 42 heavy (non-hydrogen) atoms. The Morgan fingerprint density at radius 2 is 1.02 bits per heavy atom. The van der Waals surface area contributed by atoms with E-state index in [9.17, 15) is 9.59 Å². The third-order valence-corrected chi connectivity index (χ3v) is 6.84. The molecular formula is C32H27Cl3O6Si. The summed E-state index contributed by atoms with van der Waals surface area (Å²) < 4.78 is 15.1. The van der Waals surface area contributed by atoms with E-state index in [-0.39, 0.29) is 25.2 Å². The van der Waals surface area contributed by atoms with Crippen LogP contribution < -0.4 is 9.47 Å². The molecule has 0 unspecified atom stereocenters. The topological polar surface area (TPSA) is 82.1 Å². The highest BCUT2D eigenvalue weighted by Gasteiger charge is 2.27. The van der Waals surface area contributed by atoms with Crippen molar-refractivity contribution in [2.45, 2.75) is 0 Å². The van der Waals surface area contributed by atoms with Crippen molar-refractivity contribution in [3.05, 3.63) is 144 Å². The second-order valence-corrected chi connectivity index (χ2v) is 16.1. The number of aliphatic hydroxyl groups is 1. The van der Waals surface area contributed by atoms with Gasteiger partial charge in [0.15, 0.2) is 25.2 Å². The summed E-state index contributed by atoms with van der Waals surface area (Å²) in [6.07, 6.45) is 3.46. The highest BCUT2D eigenvalue weighted by Crippen LogP contribution is 2.21. The number of rotatable bonds is 12. The molecule has 0 aromatic heterocycles. The molecule has 0 radical (unpaired) electrons. The Balaban J connectivity index is 0.000000235. The van der Waals surface area contributed by atoms with E-state index in [0.29, 0.717) is 22.6 Å². The van der Waals surface area contributed by atoms with Crippen LogP contribution in [0.15, 0.2) is 121 Å². The lowest BCUT2D eigenvalue weighted by Gasteiger charge is -2.11. The van der Waals surface area contributed by atoms with E-state index in [4.69, 9.17) is 52.2 Å². The molecule has 4 aromatic carbocycles. The minimum Gasteiger partial charge on any atom is -0.468 e. The fourth-order valence-corrected chi connectivity index (χ4v) is 3.93. The van der Waals surface area contributed by atoms with Crippen molar-refractivity contribution in [1.82, 2.24) is 0 Å². The maximum atomic E-state index is 12.1. The average molecular weight is 642 g/mol. The van der Waals surface area contributed by atoms with Crippen molar-refractivity contribution in [3.63, 3.8) is 0 Å². The average Bonchev–Trinajstić information content (AvgIpc) is 3.00. The molecule has 10 heteroatoms. The number of carbonyl (C=O) groups is 2. The van der Waals surface area contributed by atoms with E-state index in [1.165, 1.54) is 12.2 Å². The van der Waals surface area contributed by atoms with Gasteiger partial charge in [0.05, 0.1) is 0 Å². The third kappa shape index (κ3) is 12.4. The molecule has 0 heterocycles. The lowest BCUT2D eigenvalue weighted by molar-refractivity contribution is 0.0984. The molecule has 0 aliphatic carbocycles. The van der Waals surface area contributed by atoms with Crippen molar-refractivity contribution in [1.29, 1.82) is 0 Å². The molecule has 0 aliphatic rings. The zero-order chi connectivity index (χ0) is 30.2. The van der Waals surface area contributed by atoms with Gasteiger partial charge in [-0.1, -0.05) is 106 Å². The van der Waals surface area contributed by atoms with Gasteiger partial charge in [-0.15, -0.1) is 0 Å². The van der Waals surface area contributed by atoms with E-state index in [2.05, 4.69) is 0 Å². The van der Waals surface area contributed by atoms with Crippen molar-refractivity contribution >= 4 is 63.2 Å². The fraction of sp³-hybridized carbons (Fsp3) is 0.0625. The monoisotopic (exact) mass is 640 g/mol. The summed E-state index contributed by atoms with van der Waals surface area (Å²) in [7, 11) is 0. The van der Waals surface area contributed by atoms with Crippen LogP contribution in [0.1, 0.15) is 31.8 Å². The number of aliphatic hydroxyl groups excluding tert-OH is 1. The first-order valence-corrected chi connectivity index (χ1v) is 17.5. The van der Waals surface area contributed by atoms with Crippen molar-refractivity contribution in [2.24, 2.45) is 0 Å². The predicted molar refractivity (Wildman–Crippen MR) is 170 cm³/mol. The van der Waals surface area contributed by atoms with Gasteiger partial charge in [0.25, 0.3) is 0 Å². The SMILES string of the molecule is O=C(C=Cc1ccccc1)c1ccc(OCO)cc1.O=C(C=Cc1ccccc1)c1ccc(OCO[Si](Cl)(Cl)Cl)cc1. The van der Waals surface area contributed by atoms with Crippen LogP contribution in [0.4, 0.5) is 0 Å². The maximum absolute atomic E-state index is 12.1. The quantitative estimate of drug-likeness (QED) is 0.0555. The van der Waals surface area contributed by atoms with Crippen LogP contribution in [0.25, 0.3) is 12.2 Å². The maximum Gasteiger partial charge on any atom is 0.496 e. The number of halogens is 3. The van der Waals surface area contributed by atoms with Gasteiger partial charge < -0.3 is 19.0 Å². The number of hydrogen-bond acceptors (Lipinski definition) is 6. The summed E-state index contributed by atoms with van der Waals surface area (Å²) in [6.45, 7) is -0.523. The highest BCUT2D eigenvalue weighted by atomic mass is 35.8. The Bertz CT molecular complexity index is 1450. The Hall–Kier alpha value is -3.69. The molecule has 0 amide bonds. The first-order valence-electron chi connectivity index (χ1n) is 12.6. The van der Waals surface area contributed by atoms with Gasteiger partial charge in [0, 0.05) is 11.1 Å². The van der Waals surface area contributed by atoms with Gasteiger partial charge in [0.1, 0.15) is 11.5 Å². The van der Waals surface area contributed by atoms with Crippen LogP contribution >= 0.6 is 33.2 Å². The normalized spacial score (nSPS) is 11.1. The molecule has 0 fully saturated rings. The minimum atomic E-state index is -3.15. The molecule has 0 spiro atoms. The Morgan fingerprint density at radius 1 is 0.619 bits per heavy atom. The molecule has 4 aromatic rings. The summed E-state index contributed by atoms with van der Waals surface area (Å²) >= 11 is 16.7. The molecule has 0 saturated heterocycles. The number of allylic oxidation sites excluding steroid dienone is 2. The van der Waals surface area contributed by atoms with E-state index >= 15 is 0 Å².